The summed E-state index contributed by atoms with van der Waals surface area (Å²) in [6.45, 7) is 0.526. The van der Waals surface area contributed by atoms with Crippen LogP contribution in [0.25, 0.3) is 6.08 Å². The van der Waals surface area contributed by atoms with Crippen LogP contribution in [0.15, 0.2) is 24.3 Å². The average molecular weight is 384 g/mol. The molecule has 2 rings (SSSR count). The summed E-state index contributed by atoms with van der Waals surface area (Å²) in [5.74, 6) is -1.95. The monoisotopic (exact) mass is 384 g/mol. The van der Waals surface area contributed by atoms with Crippen molar-refractivity contribution in [3.05, 3.63) is 29.8 Å². The molecule has 0 bridgehead atoms. The third-order valence-corrected chi connectivity index (χ3v) is 3.73. The van der Waals surface area contributed by atoms with E-state index in [2.05, 4.69) is 0 Å². The van der Waals surface area contributed by atoms with Crippen LogP contribution in [0.3, 0.4) is 0 Å². The zero-order chi connectivity index (χ0) is 20.1. The maximum absolute atomic E-state index is 11.3. The topological polar surface area (TPSA) is 163 Å². The molecule has 0 unspecified atom stereocenters. The van der Waals surface area contributed by atoms with Gasteiger partial charge >= 0.3 is 11.9 Å². The van der Waals surface area contributed by atoms with Crippen molar-refractivity contribution in [3.8, 4) is 11.5 Å². The van der Waals surface area contributed by atoms with E-state index in [0.29, 0.717) is 5.56 Å². The lowest BCUT2D eigenvalue weighted by molar-refractivity contribution is -0.277. The molecule has 1 aromatic carbocycles. The van der Waals surface area contributed by atoms with Crippen molar-refractivity contribution in [3.63, 3.8) is 0 Å². The molecule has 1 fully saturated rings. The number of rotatable bonds is 6. The predicted octanol–water partition coefficient (Wildman–Crippen LogP) is -1.11. The summed E-state index contributed by atoms with van der Waals surface area (Å²) in [7, 11) is 0. The third-order valence-electron chi connectivity index (χ3n) is 3.73. The van der Waals surface area contributed by atoms with Gasteiger partial charge in [0.15, 0.2) is 11.5 Å². The van der Waals surface area contributed by atoms with Gasteiger partial charge in [0, 0.05) is 13.0 Å². The van der Waals surface area contributed by atoms with Crippen LogP contribution in [-0.4, -0.2) is 74.8 Å². The summed E-state index contributed by atoms with van der Waals surface area (Å²) < 4.78 is 15.7. The van der Waals surface area contributed by atoms with E-state index in [4.69, 9.17) is 19.3 Å². The Hall–Kier alpha value is -2.50. The van der Waals surface area contributed by atoms with Crippen LogP contribution in [-0.2, 0) is 14.3 Å². The number of hydrogen-bond donors (Lipinski definition) is 5. The van der Waals surface area contributed by atoms with Crippen molar-refractivity contribution in [2.75, 3.05) is 6.61 Å². The van der Waals surface area contributed by atoms with Gasteiger partial charge < -0.3 is 39.7 Å². The molecule has 0 spiro atoms. The Balaban J connectivity index is 2.28. The number of benzene rings is 1. The van der Waals surface area contributed by atoms with E-state index in [1.165, 1.54) is 24.3 Å². The molecule has 1 aromatic rings. The molecule has 5 N–H and O–H groups in total. The van der Waals surface area contributed by atoms with Gasteiger partial charge in [-0.1, -0.05) is 6.07 Å². The molecule has 0 aromatic heterocycles. The number of carbonyl (C=O) groups is 2. The molecule has 10 nitrogen and oxygen atoms in total. The summed E-state index contributed by atoms with van der Waals surface area (Å²) in [6, 6.07) is 4.15. The van der Waals surface area contributed by atoms with Crippen molar-refractivity contribution < 1.29 is 49.3 Å². The summed E-state index contributed by atoms with van der Waals surface area (Å²) in [4.78, 5) is 21.9. The molecule has 10 heteroatoms. The van der Waals surface area contributed by atoms with Gasteiger partial charge in [0.05, 0.1) is 6.61 Å². The maximum atomic E-state index is 11.3. The number of aliphatic hydroxyl groups excluding tert-OH is 4. The van der Waals surface area contributed by atoms with Crippen LogP contribution in [0.1, 0.15) is 12.5 Å². The fourth-order valence-corrected chi connectivity index (χ4v) is 2.42. The molecular weight excluding hydrogens is 364 g/mol. The molecule has 0 aliphatic carbocycles. The fourth-order valence-electron chi connectivity index (χ4n) is 2.42. The minimum Gasteiger partial charge on any atom is -0.478 e. The fraction of sp³-hybridized carbons (Fsp3) is 0.412. The van der Waals surface area contributed by atoms with Crippen LogP contribution in [0, 0.1) is 0 Å². The minimum atomic E-state index is -1.64. The second-order valence-electron chi connectivity index (χ2n) is 5.79. The van der Waals surface area contributed by atoms with Gasteiger partial charge in [-0.2, -0.15) is 0 Å². The van der Waals surface area contributed by atoms with Crippen LogP contribution in [0.5, 0.6) is 11.5 Å². The van der Waals surface area contributed by atoms with Gasteiger partial charge in [-0.05, 0) is 23.8 Å². The van der Waals surface area contributed by atoms with Gasteiger partial charge in [0.1, 0.15) is 24.4 Å². The molecule has 1 aliphatic heterocycles. The van der Waals surface area contributed by atoms with Gasteiger partial charge in [-0.3, -0.25) is 4.79 Å². The molecule has 1 aliphatic rings. The van der Waals surface area contributed by atoms with E-state index < -0.39 is 49.3 Å². The number of aliphatic carboxylic acids is 1. The lowest BCUT2D eigenvalue weighted by Gasteiger charge is -2.39. The number of carboxylic acid groups (broad SMARTS) is 1. The first kappa shape index (κ1) is 20.8. The first-order valence-corrected chi connectivity index (χ1v) is 7.93. The van der Waals surface area contributed by atoms with Crippen molar-refractivity contribution in [2.45, 2.75) is 37.6 Å². The number of aliphatic hydroxyl groups is 4. The van der Waals surface area contributed by atoms with E-state index >= 15 is 0 Å². The number of carboxylic acids is 1. The summed E-state index contributed by atoms with van der Waals surface area (Å²) in [5.41, 5.74) is 0.398. The van der Waals surface area contributed by atoms with Crippen LogP contribution < -0.4 is 9.47 Å². The number of esters is 1. The molecule has 1 saturated heterocycles. The van der Waals surface area contributed by atoms with E-state index in [9.17, 15) is 30.0 Å². The molecule has 5 atom stereocenters. The molecule has 148 valence electrons. The number of hydrogen-bond acceptors (Lipinski definition) is 9. The Morgan fingerprint density at radius 2 is 1.85 bits per heavy atom. The lowest BCUT2D eigenvalue weighted by atomic mass is 9.99. The summed E-state index contributed by atoms with van der Waals surface area (Å²) >= 11 is 0. The quantitative estimate of drug-likeness (QED) is 0.231. The Kier molecular flexibility index (Phi) is 6.88. The first-order chi connectivity index (χ1) is 12.7. The van der Waals surface area contributed by atoms with Crippen molar-refractivity contribution in [2.24, 2.45) is 0 Å². The Bertz CT molecular complexity index is 714. The van der Waals surface area contributed by atoms with Crippen LogP contribution >= 0.6 is 0 Å². The van der Waals surface area contributed by atoms with Gasteiger partial charge in [0.2, 0.25) is 6.29 Å². The zero-order valence-corrected chi connectivity index (χ0v) is 14.3. The van der Waals surface area contributed by atoms with Crippen molar-refractivity contribution >= 4 is 18.0 Å². The average Bonchev–Trinajstić information content (AvgIpc) is 2.61. The highest BCUT2D eigenvalue weighted by Gasteiger charge is 2.45. The number of carbonyl (C=O) groups excluding carboxylic acids is 1. The SMILES string of the molecule is CC(=O)Oc1cc(C=CC(=O)O)ccc1O[C@@H]1O[C@H](CO)[C@@H](O)[C@H](O)[C@H]1O. The van der Waals surface area contributed by atoms with Crippen molar-refractivity contribution in [1.82, 2.24) is 0 Å². The Labute approximate surface area is 153 Å². The molecule has 0 radical (unpaired) electrons. The summed E-state index contributed by atoms with van der Waals surface area (Å²) in [5, 5.41) is 47.5. The normalized spacial score (nSPS) is 28.1. The van der Waals surface area contributed by atoms with Gasteiger partial charge in [0.25, 0.3) is 0 Å². The van der Waals surface area contributed by atoms with Crippen LogP contribution in [0.2, 0.25) is 0 Å². The molecule has 27 heavy (non-hydrogen) atoms. The van der Waals surface area contributed by atoms with E-state index in [1.807, 2.05) is 0 Å². The predicted molar refractivity (Wildman–Crippen MR) is 88.8 cm³/mol. The lowest BCUT2D eigenvalue weighted by Crippen LogP contribution is -2.60. The highest BCUT2D eigenvalue weighted by atomic mass is 16.7. The Morgan fingerprint density at radius 3 is 2.44 bits per heavy atom. The second-order valence-corrected chi connectivity index (χ2v) is 5.79. The molecular formula is C17H20O10. The first-order valence-electron chi connectivity index (χ1n) is 7.93. The molecule has 0 amide bonds. The second kappa shape index (κ2) is 8.93. The minimum absolute atomic E-state index is 0.0398. The van der Waals surface area contributed by atoms with E-state index in [0.717, 1.165) is 13.0 Å². The smallest absolute Gasteiger partial charge is 0.328 e. The highest BCUT2D eigenvalue weighted by molar-refractivity contribution is 5.85. The zero-order valence-electron chi connectivity index (χ0n) is 14.3. The van der Waals surface area contributed by atoms with Gasteiger partial charge in [-0.25, -0.2) is 4.79 Å². The summed E-state index contributed by atoms with van der Waals surface area (Å²) in [6.07, 6.45) is -5.27. The maximum Gasteiger partial charge on any atom is 0.328 e. The van der Waals surface area contributed by atoms with Gasteiger partial charge in [-0.15, -0.1) is 0 Å². The number of ether oxygens (including phenoxy) is 3. The highest BCUT2D eigenvalue weighted by Crippen LogP contribution is 2.32. The standard InChI is InChI=1S/C17H20O10/c1-8(19)25-11-6-9(3-5-13(20)21)2-4-10(11)26-17-16(24)15(23)14(22)12(7-18)27-17/h2-6,12,14-18,22-24H,7H2,1H3,(H,20,21)/t12-,14-,15+,16-,17-/m1/s1. The Morgan fingerprint density at radius 1 is 1.15 bits per heavy atom. The van der Waals surface area contributed by atoms with E-state index in [1.54, 1.807) is 0 Å². The largest absolute Gasteiger partial charge is 0.478 e. The van der Waals surface area contributed by atoms with Crippen LogP contribution in [0.4, 0.5) is 0 Å². The van der Waals surface area contributed by atoms with E-state index in [-0.39, 0.29) is 11.5 Å². The molecule has 0 saturated carbocycles. The third kappa shape index (κ3) is 5.25. The molecule has 1 heterocycles. The van der Waals surface area contributed by atoms with Crippen molar-refractivity contribution in [1.29, 1.82) is 0 Å².